The summed E-state index contributed by atoms with van der Waals surface area (Å²) in [6, 6.07) is 2.85. The monoisotopic (exact) mass is 226 g/mol. The van der Waals surface area contributed by atoms with Crippen molar-refractivity contribution in [3.05, 3.63) is 17.7 Å². The van der Waals surface area contributed by atoms with Crippen LogP contribution >= 0.6 is 0 Å². The van der Waals surface area contributed by atoms with E-state index in [0.717, 1.165) is 0 Å². The molecule has 0 aliphatic carbocycles. The maximum absolute atomic E-state index is 9.85. The molecule has 5 heteroatoms. The molecule has 1 rings (SSSR count). The molecule has 0 amide bonds. The van der Waals surface area contributed by atoms with E-state index >= 15 is 0 Å². The Morgan fingerprint density at radius 2 is 2.00 bits per heavy atom. The lowest BCUT2D eigenvalue weighted by atomic mass is 10.0. The molecular weight excluding hydrogens is 208 g/mol. The van der Waals surface area contributed by atoms with Crippen molar-refractivity contribution in [3.63, 3.8) is 0 Å². The lowest BCUT2D eigenvalue weighted by Gasteiger charge is -2.17. The Kier molecular flexibility index (Phi) is 4.39. The van der Waals surface area contributed by atoms with Crippen molar-refractivity contribution in [1.29, 1.82) is 0 Å². The van der Waals surface area contributed by atoms with Gasteiger partial charge in [-0.15, -0.1) is 0 Å². The van der Waals surface area contributed by atoms with Crippen LogP contribution in [0.25, 0.3) is 0 Å². The topological polar surface area (TPSA) is 90.7 Å². The van der Waals surface area contributed by atoms with Gasteiger partial charge in [-0.3, -0.25) is 0 Å². The number of aromatic hydroxyl groups is 1. The molecule has 0 saturated carbocycles. The highest BCUT2D eigenvalue weighted by atomic mass is 16.5. The van der Waals surface area contributed by atoms with Crippen molar-refractivity contribution in [2.75, 3.05) is 20.8 Å². The number of benzene rings is 1. The van der Waals surface area contributed by atoms with Crippen LogP contribution < -0.4 is 20.9 Å². The average Bonchev–Trinajstić information content (AvgIpc) is 2.27. The van der Waals surface area contributed by atoms with Gasteiger partial charge in [-0.1, -0.05) is 0 Å². The van der Waals surface area contributed by atoms with E-state index in [1.54, 1.807) is 6.07 Å². The smallest absolute Gasteiger partial charge is 0.131 e. The third-order valence-corrected chi connectivity index (χ3v) is 2.40. The predicted octanol–water partition coefficient (Wildman–Crippen LogP) is 0.758. The number of ether oxygens (including phenoxy) is 2. The molecule has 0 aliphatic rings. The van der Waals surface area contributed by atoms with Gasteiger partial charge in [-0.2, -0.15) is 0 Å². The highest BCUT2D eigenvalue weighted by Crippen LogP contribution is 2.37. The van der Waals surface area contributed by atoms with E-state index in [2.05, 4.69) is 0 Å². The third-order valence-electron chi connectivity index (χ3n) is 2.40. The number of phenolic OH excluding ortho intramolecular Hbond substituents is 1. The fourth-order valence-electron chi connectivity index (χ4n) is 1.57. The van der Waals surface area contributed by atoms with E-state index in [1.807, 2.05) is 0 Å². The summed E-state index contributed by atoms with van der Waals surface area (Å²) in [7, 11) is 3.04. The van der Waals surface area contributed by atoms with Gasteiger partial charge in [0.05, 0.1) is 19.8 Å². The Morgan fingerprint density at radius 3 is 2.50 bits per heavy atom. The van der Waals surface area contributed by atoms with Crippen LogP contribution in [0.5, 0.6) is 17.2 Å². The van der Waals surface area contributed by atoms with E-state index in [1.165, 1.54) is 20.3 Å². The molecule has 0 radical (unpaired) electrons. The first-order valence-electron chi connectivity index (χ1n) is 5.04. The summed E-state index contributed by atoms with van der Waals surface area (Å²) in [5, 5.41) is 9.85. The van der Waals surface area contributed by atoms with Gasteiger partial charge in [0, 0.05) is 18.2 Å². The van der Waals surface area contributed by atoms with E-state index in [9.17, 15) is 5.11 Å². The maximum Gasteiger partial charge on any atom is 0.131 e. The number of hydrogen-bond acceptors (Lipinski definition) is 5. The fourth-order valence-corrected chi connectivity index (χ4v) is 1.57. The Hall–Kier alpha value is -1.46. The molecule has 0 heterocycles. The number of methoxy groups -OCH3 is 2. The molecule has 0 unspecified atom stereocenters. The molecule has 90 valence electrons. The normalized spacial score (nSPS) is 12.2. The zero-order valence-corrected chi connectivity index (χ0v) is 9.56. The Bertz CT molecular complexity index is 355. The third kappa shape index (κ3) is 2.56. The Morgan fingerprint density at radius 1 is 1.31 bits per heavy atom. The fraction of sp³-hybridized carbons (Fsp3) is 0.455. The summed E-state index contributed by atoms with van der Waals surface area (Å²) in [4.78, 5) is 0. The molecule has 0 fully saturated rings. The number of rotatable bonds is 5. The minimum Gasteiger partial charge on any atom is -0.507 e. The van der Waals surface area contributed by atoms with E-state index in [-0.39, 0.29) is 11.8 Å². The molecule has 5 N–H and O–H groups in total. The van der Waals surface area contributed by atoms with Crippen molar-refractivity contribution < 1.29 is 14.6 Å². The summed E-state index contributed by atoms with van der Waals surface area (Å²) >= 11 is 0. The van der Waals surface area contributed by atoms with Crippen molar-refractivity contribution >= 4 is 0 Å². The van der Waals surface area contributed by atoms with Crippen LogP contribution in [-0.4, -0.2) is 25.9 Å². The van der Waals surface area contributed by atoms with Crippen LogP contribution in [-0.2, 0) is 0 Å². The van der Waals surface area contributed by atoms with Crippen LogP contribution in [0.15, 0.2) is 12.1 Å². The predicted molar refractivity (Wildman–Crippen MR) is 61.8 cm³/mol. The first-order valence-corrected chi connectivity index (χ1v) is 5.04. The lowest BCUT2D eigenvalue weighted by molar-refractivity contribution is 0.374. The quantitative estimate of drug-likeness (QED) is 0.689. The van der Waals surface area contributed by atoms with Crippen molar-refractivity contribution in [3.8, 4) is 17.2 Å². The zero-order valence-electron chi connectivity index (χ0n) is 9.56. The minimum absolute atomic E-state index is 0.0668. The van der Waals surface area contributed by atoms with Gasteiger partial charge in [0.25, 0.3) is 0 Å². The van der Waals surface area contributed by atoms with Crippen LogP contribution in [0, 0.1) is 0 Å². The van der Waals surface area contributed by atoms with Gasteiger partial charge in [0.15, 0.2) is 0 Å². The molecule has 0 spiro atoms. The van der Waals surface area contributed by atoms with E-state index in [0.29, 0.717) is 30.0 Å². The Labute approximate surface area is 95.0 Å². The molecule has 16 heavy (non-hydrogen) atoms. The maximum atomic E-state index is 9.85. The molecule has 1 aromatic carbocycles. The highest BCUT2D eigenvalue weighted by molar-refractivity contribution is 5.51. The lowest BCUT2D eigenvalue weighted by Crippen LogP contribution is -2.16. The molecule has 0 aliphatic heterocycles. The van der Waals surface area contributed by atoms with Crippen LogP contribution in [0.2, 0.25) is 0 Å². The standard InChI is InChI=1S/C11H18N2O3/c1-15-7-5-9(14)11(8(13)3-4-12)10(6-7)16-2/h5-6,8,14H,3-4,12-13H2,1-2H3/t8-/m0/s1. The molecule has 0 saturated heterocycles. The number of phenols is 1. The van der Waals surface area contributed by atoms with Crippen LogP contribution in [0.1, 0.15) is 18.0 Å². The molecule has 1 atom stereocenters. The van der Waals surface area contributed by atoms with Gasteiger partial charge >= 0.3 is 0 Å². The average molecular weight is 226 g/mol. The van der Waals surface area contributed by atoms with Gasteiger partial charge in [-0.25, -0.2) is 0 Å². The molecular formula is C11H18N2O3. The SMILES string of the molecule is COc1cc(O)c([C@@H](N)CCN)c(OC)c1. The summed E-state index contributed by atoms with van der Waals surface area (Å²) in [5.74, 6) is 1.10. The van der Waals surface area contributed by atoms with E-state index < -0.39 is 0 Å². The molecule has 0 bridgehead atoms. The first-order chi connectivity index (χ1) is 7.63. The van der Waals surface area contributed by atoms with Gasteiger partial charge in [0.1, 0.15) is 17.2 Å². The minimum atomic E-state index is -0.342. The summed E-state index contributed by atoms with van der Waals surface area (Å²) < 4.78 is 10.2. The van der Waals surface area contributed by atoms with Crippen molar-refractivity contribution in [2.24, 2.45) is 11.5 Å². The molecule has 5 nitrogen and oxygen atoms in total. The van der Waals surface area contributed by atoms with Gasteiger partial charge in [-0.05, 0) is 13.0 Å². The van der Waals surface area contributed by atoms with Gasteiger partial charge < -0.3 is 26.0 Å². The largest absolute Gasteiger partial charge is 0.507 e. The zero-order chi connectivity index (χ0) is 12.1. The second-order valence-corrected chi connectivity index (χ2v) is 3.45. The van der Waals surface area contributed by atoms with Gasteiger partial charge in [0.2, 0.25) is 0 Å². The highest BCUT2D eigenvalue weighted by Gasteiger charge is 2.17. The number of nitrogens with two attached hydrogens (primary N) is 2. The van der Waals surface area contributed by atoms with Crippen molar-refractivity contribution in [1.82, 2.24) is 0 Å². The Balaban J connectivity index is 3.15. The van der Waals surface area contributed by atoms with Crippen molar-refractivity contribution in [2.45, 2.75) is 12.5 Å². The molecule has 1 aromatic rings. The number of hydrogen-bond donors (Lipinski definition) is 3. The second-order valence-electron chi connectivity index (χ2n) is 3.45. The second kappa shape index (κ2) is 5.58. The van der Waals surface area contributed by atoms with Crippen LogP contribution in [0.3, 0.4) is 0 Å². The summed E-state index contributed by atoms with van der Waals surface area (Å²) in [6.07, 6.45) is 0.580. The first kappa shape index (κ1) is 12.6. The molecule has 0 aromatic heterocycles. The summed E-state index contributed by atoms with van der Waals surface area (Å²) in [5.41, 5.74) is 11.9. The van der Waals surface area contributed by atoms with Crippen LogP contribution in [0.4, 0.5) is 0 Å². The summed E-state index contributed by atoms with van der Waals surface area (Å²) in [6.45, 7) is 0.454. The van der Waals surface area contributed by atoms with E-state index in [4.69, 9.17) is 20.9 Å².